The van der Waals surface area contributed by atoms with Crippen LogP contribution in [0.2, 0.25) is 0 Å². The number of benzene rings is 1. The van der Waals surface area contributed by atoms with E-state index >= 15 is 0 Å². The molecule has 1 fully saturated rings. The van der Waals surface area contributed by atoms with Crippen LogP contribution in [0, 0.1) is 26.7 Å². The average Bonchev–Trinajstić information content (AvgIpc) is 2.60. The summed E-state index contributed by atoms with van der Waals surface area (Å²) in [6.07, 6.45) is 3.34. The van der Waals surface area contributed by atoms with E-state index in [1.165, 1.54) is 0 Å². The molecule has 4 rings (SSSR count). The maximum Gasteiger partial charge on any atom is 0.133 e. The molecule has 3 aromatic rings. The highest BCUT2D eigenvalue weighted by Gasteiger charge is 2.35. The van der Waals surface area contributed by atoms with Crippen LogP contribution in [0.15, 0.2) is 36.5 Å². The highest BCUT2D eigenvalue weighted by Crippen LogP contribution is 2.40. The van der Waals surface area contributed by atoms with Crippen molar-refractivity contribution in [2.45, 2.75) is 45.8 Å². The fourth-order valence-electron chi connectivity index (χ4n) is 3.69. The van der Waals surface area contributed by atoms with Crippen LogP contribution >= 0.6 is 0 Å². The van der Waals surface area contributed by atoms with E-state index in [-0.39, 0.29) is 12.1 Å². The first-order valence-electron chi connectivity index (χ1n) is 9.12. The van der Waals surface area contributed by atoms with Gasteiger partial charge in [-0.15, -0.1) is 0 Å². The Morgan fingerprint density at radius 1 is 1.12 bits per heavy atom. The maximum absolute atomic E-state index is 9.83. The Balaban J connectivity index is 1.72. The lowest BCUT2D eigenvalue weighted by Crippen LogP contribution is -2.36. The predicted octanol–water partition coefficient (Wildman–Crippen LogP) is 3.87. The minimum atomic E-state index is -0.201. The van der Waals surface area contributed by atoms with E-state index in [1.807, 2.05) is 45.2 Å². The van der Waals surface area contributed by atoms with Gasteiger partial charge in [-0.05, 0) is 57.2 Å². The van der Waals surface area contributed by atoms with Crippen LogP contribution in [0.3, 0.4) is 0 Å². The normalized spacial score (nSPS) is 20.6. The number of aliphatic hydroxyl groups excluding tert-OH is 1. The Hall–Kier alpha value is -2.53. The second kappa shape index (κ2) is 6.65. The zero-order valence-electron chi connectivity index (χ0n) is 15.4. The number of aryl methyl sites for hydroxylation is 2. The zero-order valence-corrected chi connectivity index (χ0v) is 15.4. The molecule has 0 bridgehead atoms. The van der Waals surface area contributed by atoms with E-state index < -0.39 is 0 Å². The number of anilines is 1. The van der Waals surface area contributed by atoms with Gasteiger partial charge in [0, 0.05) is 22.8 Å². The zero-order chi connectivity index (χ0) is 18.3. The molecule has 0 spiro atoms. The first-order valence-corrected chi connectivity index (χ1v) is 9.12. The van der Waals surface area contributed by atoms with Gasteiger partial charge in [0.1, 0.15) is 11.6 Å². The number of hydrogen-bond donors (Lipinski definition) is 2. The van der Waals surface area contributed by atoms with Crippen LogP contribution in [0.4, 0.5) is 5.82 Å². The van der Waals surface area contributed by atoms with Crippen molar-refractivity contribution in [3.05, 3.63) is 59.2 Å². The number of nitrogens with zero attached hydrogens (tertiary/aromatic N) is 3. The minimum absolute atomic E-state index is 0.0721. The molecule has 1 saturated carbocycles. The predicted molar refractivity (Wildman–Crippen MR) is 103 cm³/mol. The maximum atomic E-state index is 9.83. The van der Waals surface area contributed by atoms with Gasteiger partial charge >= 0.3 is 0 Å². The Morgan fingerprint density at radius 3 is 2.65 bits per heavy atom. The molecule has 0 amide bonds. The highest BCUT2D eigenvalue weighted by molar-refractivity contribution is 5.79. The summed E-state index contributed by atoms with van der Waals surface area (Å²) >= 11 is 0. The highest BCUT2D eigenvalue weighted by atomic mass is 16.3. The van der Waals surface area contributed by atoms with Crippen LogP contribution in [0.25, 0.3) is 10.9 Å². The summed E-state index contributed by atoms with van der Waals surface area (Å²) in [7, 11) is 0. The lowest BCUT2D eigenvalue weighted by Gasteiger charge is -2.38. The fourth-order valence-corrected chi connectivity index (χ4v) is 3.69. The summed E-state index contributed by atoms with van der Waals surface area (Å²) in [4.78, 5) is 13.7. The minimum Gasteiger partial charge on any atom is -0.393 e. The number of nitrogens with one attached hydrogen (secondary N) is 1. The third-order valence-electron chi connectivity index (χ3n) is 5.39. The molecule has 5 nitrogen and oxygen atoms in total. The summed E-state index contributed by atoms with van der Waals surface area (Å²) < 4.78 is 0. The van der Waals surface area contributed by atoms with Gasteiger partial charge in [0.2, 0.25) is 0 Å². The molecule has 1 aromatic carbocycles. The third-order valence-corrected chi connectivity index (χ3v) is 5.39. The second-order valence-corrected chi connectivity index (χ2v) is 7.30. The van der Waals surface area contributed by atoms with Gasteiger partial charge in [0.15, 0.2) is 0 Å². The van der Waals surface area contributed by atoms with Crippen molar-refractivity contribution in [1.82, 2.24) is 15.0 Å². The molecule has 5 heteroatoms. The van der Waals surface area contributed by atoms with Crippen molar-refractivity contribution in [3.63, 3.8) is 0 Å². The van der Waals surface area contributed by atoms with Crippen molar-refractivity contribution < 1.29 is 5.11 Å². The van der Waals surface area contributed by atoms with Gasteiger partial charge in [0.25, 0.3) is 0 Å². The summed E-state index contributed by atoms with van der Waals surface area (Å²) in [6, 6.07) is 10.4. The molecule has 1 aliphatic carbocycles. The van der Waals surface area contributed by atoms with Gasteiger partial charge in [-0.2, -0.15) is 0 Å². The van der Waals surface area contributed by atoms with Crippen LogP contribution in [-0.4, -0.2) is 26.2 Å². The topological polar surface area (TPSA) is 70.9 Å². The van der Waals surface area contributed by atoms with Crippen molar-refractivity contribution in [2.24, 2.45) is 5.92 Å². The molecule has 0 aliphatic heterocycles. The van der Waals surface area contributed by atoms with Gasteiger partial charge in [-0.1, -0.05) is 18.2 Å². The third kappa shape index (κ3) is 3.15. The summed E-state index contributed by atoms with van der Waals surface area (Å²) in [5.41, 5.74) is 4.18. The van der Waals surface area contributed by atoms with Crippen LogP contribution in [0.1, 0.15) is 41.5 Å². The van der Waals surface area contributed by atoms with E-state index in [0.717, 1.165) is 52.2 Å². The summed E-state index contributed by atoms with van der Waals surface area (Å²) in [5.74, 6) is 2.00. The van der Waals surface area contributed by atoms with Gasteiger partial charge in [0.05, 0.1) is 17.7 Å². The molecule has 2 aromatic heterocycles. The second-order valence-electron chi connectivity index (χ2n) is 7.30. The molecule has 2 heterocycles. The monoisotopic (exact) mass is 348 g/mol. The molecule has 1 atom stereocenters. The van der Waals surface area contributed by atoms with Crippen molar-refractivity contribution >= 4 is 16.7 Å². The van der Waals surface area contributed by atoms with E-state index in [2.05, 4.69) is 32.4 Å². The number of pyridine rings is 1. The van der Waals surface area contributed by atoms with E-state index in [1.54, 1.807) is 0 Å². The van der Waals surface area contributed by atoms with Crippen molar-refractivity contribution in [1.29, 1.82) is 0 Å². The average molecular weight is 348 g/mol. The lowest BCUT2D eigenvalue weighted by molar-refractivity contribution is 0.0339. The van der Waals surface area contributed by atoms with Crippen LogP contribution < -0.4 is 5.32 Å². The molecule has 2 N–H and O–H groups in total. The standard InChI is InChI=1S/C21H24N4O/c1-12-13(2)23-14(3)24-21(12)25-20(16-9-18(26)10-16)17-8-15-6-4-5-7-19(15)22-11-17/h4-8,11,16,18,20,26H,9-10H2,1-3H3,(H,23,24,25). The van der Waals surface area contributed by atoms with Crippen LogP contribution in [0.5, 0.6) is 0 Å². The van der Waals surface area contributed by atoms with Gasteiger partial charge < -0.3 is 10.4 Å². The van der Waals surface area contributed by atoms with Crippen molar-refractivity contribution in [3.8, 4) is 0 Å². The van der Waals surface area contributed by atoms with E-state index in [4.69, 9.17) is 0 Å². The van der Waals surface area contributed by atoms with Gasteiger partial charge in [-0.25, -0.2) is 9.97 Å². The molecular weight excluding hydrogens is 324 g/mol. The van der Waals surface area contributed by atoms with E-state index in [9.17, 15) is 5.11 Å². The molecule has 26 heavy (non-hydrogen) atoms. The molecule has 0 radical (unpaired) electrons. The summed E-state index contributed by atoms with van der Waals surface area (Å²) in [6.45, 7) is 5.97. The molecule has 1 unspecified atom stereocenters. The number of aliphatic hydroxyl groups is 1. The number of fused-ring (bicyclic) bond motifs is 1. The molecule has 1 aliphatic rings. The first-order chi connectivity index (χ1) is 12.5. The lowest BCUT2D eigenvalue weighted by atomic mass is 9.75. The smallest absolute Gasteiger partial charge is 0.133 e. The Labute approximate surface area is 153 Å². The number of hydrogen-bond acceptors (Lipinski definition) is 5. The quantitative estimate of drug-likeness (QED) is 0.749. The number of aromatic nitrogens is 3. The molecule has 134 valence electrons. The Kier molecular flexibility index (Phi) is 4.32. The SMILES string of the molecule is Cc1nc(C)c(C)c(NC(c2cnc3ccccc3c2)C2CC(O)C2)n1. The van der Waals surface area contributed by atoms with E-state index in [0.29, 0.717) is 5.92 Å². The molecular formula is C21H24N4O. The number of rotatable bonds is 4. The summed E-state index contributed by atoms with van der Waals surface area (Å²) in [5, 5.41) is 14.6. The largest absolute Gasteiger partial charge is 0.393 e. The Bertz CT molecular complexity index is 950. The van der Waals surface area contributed by atoms with Crippen LogP contribution in [-0.2, 0) is 0 Å². The Morgan fingerprint density at radius 2 is 1.88 bits per heavy atom. The first kappa shape index (κ1) is 16.9. The van der Waals surface area contributed by atoms with Gasteiger partial charge in [-0.3, -0.25) is 4.98 Å². The van der Waals surface area contributed by atoms with Crippen molar-refractivity contribution in [2.75, 3.05) is 5.32 Å². The molecule has 0 saturated heterocycles. The fraction of sp³-hybridized carbons (Fsp3) is 0.381. The number of para-hydroxylation sites is 1.